The average Bonchev–Trinajstić information content (AvgIpc) is 2.91. The first-order valence-corrected chi connectivity index (χ1v) is 5.91. The second kappa shape index (κ2) is 5.11. The molecule has 0 aliphatic carbocycles. The molecule has 2 N–H and O–H groups in total. The van der Waals surface area contributed by atoms with Crippen molar-refractivity contribution in [1.29, 1.82) is 0 Å². The van der Waals surface area contributed by atoms with Gasteiger partial charge in [-0.1, -0.05) is 6.92 Å². The highest BCUT2D eigenvalue weighted by atomic mass is 16.2. The van der Waals surface area contributed by atoms with Crippen LogP contribution in [0.15, 0.2) is 6.33 Å². The quantitative estimate of drug-likeness (QED) is 0.707. The molecule has 1 aromatic heterocycles. The van der Waals surface area contributed by atoms with Crippen LogP contribution in [0.4, 0.5) is 0 Å². The molecular formula is C10H16N6O2. The lowest BCUT2D eigenvalue weighted by molar-refractivity contribution is -0.136. The standard InChI is InChI=1S/C10H16N6O2/c1-2-8(10(11)18)16-5-7(3-9(16)17)4-15-6-12-13-14-15/h6-8H,2-5H2,1H3,(H2,11,18)/t7?,8-/m0/s1. The molecule has 1 aliphatic heterocycles. The lowest BCUT2D eigenvalue weighted by Gasteiger charge is -2.24. The Morgan fingerprint density at radius 2 is 2.44 bits per heavy atom. The number of carbonyl (C=O) groups excluding carboxylic acids is 2. The van der Waals surface area contributed by atoms with Crippen LogP contribution in [0.3, 0.4) is 0 Å². The van der Waals surface area contributed by atoms with Crippen LogP contribution in [0.25, 0.3) is 0 Å². The third kappa shape index (κ3) is 2.47. The highest BCUT2D eigenvalue weighted by Crippen LogP contribution is 2.22. The number of tetrazole rings is 1. The largest absolute Gasteiger partial charge is 0.368 e. The predicted octanol–water partition coefficient (Wildman–Crippen LogP) is -1.21. The molecule has 1 unspecified atom stereocenters. The fourth-order valence-corrected chi connectivity index (χ4v) is 2.34. The molecular weight excluding hydrogens is 236 g/mol. The Morgan fingerprint density at radius 1 is 1.67 bits per heavy atom. The van der Waals surface area contributed by atoms with Gasteiger partial charge in [-0.15, -0.1) is 5.10 Å². The Hall–Kier alpha value is -1.99. The maximum absolute atomic E-state index is 11.9. The van der Waals surface area contributed by atoms with Crippen LogP contribution in [0.2, 0.25) is 0 Å². The minimum absolute atomic E-state index is 0.0290. The number of nitrogens with two attached hydrogens (primary N) is 1. The van der Waals surface area contributed by atoms with Gasteiger partial charge in [0.15, 0.2) is 0 Å². The normalized spacial score (nSPS) is 21.3. The van der Waals surface area contributed by atoms with E-state index in [-0.39, 0.29) is 11.8 Å². The summed E-state index contributed by atoms with van der Waals surface area (Å²) < 4.78 is 1.59. The molecule has 2 amide bonds. The molecule has 1 aromatic rings. The summed E-state index contributed by atoms with van der Waals surface area (Å²) in [4.78, 5) is 24.7. The second-order valence-corrected chi connectivity index (χ2v) is 4.47. The zero-order valence-corrected chi connectivity index (χ0v) is 10.2. The zero-order chi connectivity index (χ0) is 13.1. The fraction of sp³-hybridized carbons (Fsp3) is 0.700. The second-order valence-electron chi connectivity index (χ2n) is 4.47. The number of amides is 2. The van der Waals surface area contributed by atoms with E-state index < -0.39 is 11.9 Å². The Morgan fingerprint density at radius 3 is 3.00 bits per heavy atom. The van der Waals surface area contributed by atoms with Crippen molar-refractivity contribution < 1.29 is 9.59 Å². The predicted molar refractivity (Wildman–Crippen MR) is 60.9 cm³/mol. The van der Waals surface area contributed by atoms with Gasteiger partial charge in [0.1, 0.15) is 12.4 Å². The molecule has 0 aromatic carbocycles. The van der Waals surface area contributed by atoms with E-state index in [2.05, 4.69) is 15.5 Å². The summed E-state index contributed by atoms with van der Waals surface area (Å²) in [5.41, 5.74) is 5.30. The maximum atomic E-state index is 11.9. The topological polar surface area (TPSA) is 107 Å². The maximum Gasteiger partial charge on any atom is 0.240 e. The minimum atomic E-state index is -0.503. The lowest BCUT2D eigenvalue weighted by Crippen LogP contribution is -2.45. The van der Waals surface area contributed by atoms with Crippen LogP contribution >= 0.6 is 0 Å². The molecule has 2 rings (SSSR count). The van der Waals surface area contributed by atoms with Crippen molar-refractivity contribution in [2.75, 3.05) is 6.54 Å². The molecule has 1 aliphatic rings. The molecule has 0 radical (unpaired) electrons. The summed E-state index contributed by atoms with van der Waals surface area (Å²) in [5.74, 6) is -0.359. The Bertz CT molecular complexity index is 432. The third-order valence-electron chi connectivity index (χ3n) is 3.17. The van der Waals surface area contributed by atoms with Gasteiger partial charge in [-0.05, 0) is 16.8 Å². The van der Waals surface area contributed by atoms with Crippen molar-refractivity contribution in [3.63, 3.8) is 0 Å². The molecule has 8 nitrogen and oxygen atoms in total. The highest BCUT2D eigenvalue weighted by Gasteiger charge is 2.36. The molecule has 8 heteroatoms. The van der Waals surface area contributed by atoms with Crippen LogP contribution in [-0.4, -0.2) is 49.5 Å². The van der Waals surface area contributed by atoms with Gasteiger partial charge < -0.3 is 10.6 Å². The van der Waals surface area contributed by atoms with E-state index in [4.69, 9.17) is 5.73 Å². The molecule has 98 valence electrons. The van der Waals surface area contributed by atoms with Crippen LogP contribution in [-0.2, 0) is 16.1 Å². The van der Waals surface area contributed by atoms with Gasteiger partial charge in [0.2, 0.25) is 11.8 Å². The number of primary amides is 1. The van der Waals surface area contributed by atoms with E-state index >= 15 is 0 Å². The summed E-state index contributed by atoms with van der Waals surface area (Å²) in [6.07, 6.45) is 2.46. The Balaban J connectivity index is 2.00. The summed E-state index contributed by atoms with van der Waals surface area (Å²) in [5, 5.41) is 10.8. The molecule has 0 bridgehead atoms. The average molecular weight is 252 g/mol. The van der Waals surface area contributed by atoms with E-state index in [0.717, 1.165) is 0 Å². The number of hydrogen-bond acceptors (Lipinski definition) is 5. The van der Waals surface area contributed by atoms with Gasteiger partial charge >= 0.3 is 0 Å². The number of likely N-dealkylation sites (tertiary alicyclic amines) is 1. The van der Waals surface area contributed by atoms with Crippen molar-refractivity contribution in [1.82, 2.24) is 25.1 Å². The van der Waals surface area contributed by atoms with Gasteiger partial charge in [0, 0.05) is 25.4 Å². The molecule has 2 heterocycles. The first kappa shape index (κ1) is 12.5. The molecule has 2 atom stereocenters. The summed E-state index contributed by atoms with van der Waals surface area (Å²) in [6.45, 7) is 2.95. The van der Waals surface area contributed by atoms with Crippen LogP contribution in [0.5, 0.6) is 0 Å². The monoisotopic (exact) mass is 252 g/mol. The van der Waals surface area contributed by atoms with Crippen molar-refractivity contribution >= 4 is 11.8 Å². The molecule has 1 saturated heterocycles. The van der Waals surface area contributed by atoms with Gasteiger partial charge in [-0.3, -0.25) is 9.59 Å². The summed E-state index contributed by atoms with van der Waals surface area (Å²) >= 11 is 0. The first-order chi connectivity index (χ1) is 8.61. The van der Waals surface area contributed by atoms with Gasteiger partial charge in [0.05, 0.1) is 0 Å². The molecule has 18 heavy (non-hydrogen) atoms. The SMILES string of the molecule is CC[C@@H](C(N)=O)N1CC(Cn2cnnn2)CC1=O. The smallest absolute Gasteiger partial charge is 0.240 e. The number of nitrogens with zero attached hydrogens (tertiary/aromatic N) is 5. The molecule has 1 fully saturated rings. The minimum Gasteiger partial charge on any atom is -0.368 e. The summed E-state index contributed by atoms with van der Waals surface area (Å²) in [7, 11) is 0. The van der Waals surface area contributed by atoms with Crippen LogP contribution in [0, 0.1) is 5.92 Å². The van der Waals surface area contributed by atoms with Crippen LogP contribution < -0.4 is 5.73 Å². The molecule has 0 saturated carbocycles. The van der Waals surface area contributed by atoms with Crippen molar-refractivity contribution in [2.45, 2.75) is 32.4 Å². The molecule has 0 spiro atoms. The summed E-state index contributed by atoms with van der Waals surface area (Å²) in [6, 6.07) is -0.503. The van der Waals surface area contributed by atoms with Gasteiger partial charge in [-0.2, -0.15) is 0 Å². The van der Waals surface area contributed by atoms with E-state index in [0.29, 0.717) is 25.9 Å². The number of hydrogen-bond donors (Lipinski definition) is 1. The fourth-order valence-electron chi connectivity index (χ4n) is 2.34. The zero-order valence-electron chi connectivity index (χ0n) is 10.2. The van der Waals surface area contributed by atoms with Crippen molar-refractivity contribution in [3.05, 3.63) is 6.33 Å². The lowest BCUT2D eigenvalue weighted by atomic mass is 10.1. The number of carbonyl (C=O) groups is 2. The van der Waals surface area contributed by atoms with E-state index in [1.807, 2.05) is 6.92 Å². The van der Waals surface area contributed by atoms with E-state index in [1.54, 1.807) is 9.58 Å². The van der Waals surface area contributed by atoms with Crippen LogP contribution in [0.1, 0.15) is 19.8 Å². The highest BCUT2D eigenvalue weighted by molar-refractivity contribution is 5.87. The Labute approximate surface area is 104 Å². The Kier molecular flexibility index (Phi) is 3.54. The third-order valence-corrected chi connectivity index (χ3v) is 3.17. The van der Waals surface area contributed by atoms with Crippen molar-refractivity contribution in [3.8, 4) is 0 Å². The number of aromatic nitrogens is 4. The van der Waals surface area contributed by atoms with E-state index in [1.165, 1.54) is 6.33 Å². The number of rotatable bonds is 5. The van der Waals surface area contributed by atoms with Gasteiger partial charge in [0.25, 0.3) is 0 Å². The van der Waals surface area contributed by atoms with Crippen molar-refractivity contribution in [2.24, 2.45) is 11.7 Å². The first-order valence-electron chi connectivity index (χ1n) is 5.91. The van der Waals surface area contributed by atoms with Gasteiger partial charge in [-0.25, -0.2) is 4.68 Å². The van der Waals surface area contributed by atoms with E-state index in [9.17, 15) is 9.59 Å².